The van der Waals surface area contributed by atoms with Crippen molar-refractivity contribution in [2.45, 2.75) is 19.5 Å². The highest BCUT2D eigenvalue weighted by Gasteiger charge is 2.33. The van der Waals surface area contributed by atoms with E-state index in [-0.39, 0.29) is 12.1 Å². The van der Waals surface area contributed by atoms with Gasteiger partial charge in [0.05, 0.1) is 9.93 Å². The summed E-state index contributed by atoms with van der Waals surface area (Å²) >= 11 is 0.923. The summed E-state index contributed by atoms with van der Waals surface area (Å²) in [5.41, 5.74) is 0.247. The number of hydrogen-bond acceptors (Lipinski definition) is 4. The van der Waals surface area contributed by atoms with E-state index in [1.54, 1.807) is 13.0 Å². The van der Waals surface area contributed by atoms with Gasteiger partial charge in [0.25, 0.3) is 5.69 Å². The molecule has 0 fully saturated rings. The third kappa shape index (κ3) is 3.13. The average Bonchev–Trinajstić information content (AvgIpc) is 2.76. The van der Waals surface area contributed by atoms with Gasteiger partial charge in [0, 0.05) is 23.4 Å². The lowest BCUT2D eigenvalue weighted by atomic mass is 10.1. The molecule has 1 heterocycles. The van der Waals surface area contributed by atoms with Gasteiger partial charge in [-0.25, -0.2) is 4.98 Å². The summed E-state index contributed by atoms with van der Waals surface area (Å²) in [4.78, 5) is 13.7. The number of nitro benzene ring substituents is 1. The van der Waals surface area contributed by atoms with Crippen LogP contribution in [0.25, 0.3) is 0 Å². The molecule has 0 unspecified atom stereocenters. The van der Waals surface area contributed by atoms with Gasteiger partial charge in [0.15, 0.2) is 5.69 Å². The zero-order valence-corrected chi connectivity index (χ0v) is 11.1. The van der Waals surface area contributed by atoms with Crippen LogP contribution < -0.4 is 0 Å². The van der Waals surface area contributed by atoms with E-state index in [4.69, 9.17) is 0 Å². The van der Waals surface area contributed by atoms with Crippen LogP contribution in [0.5, 0.6) is 0 Å². The average molecular weight is 302 g/mol. The summed E-state index contributed by atoms with van der Waals surface area (Å²) in [5, 5.41) is 12.0. The van der Waals surface area contributed by atoms with E-state index in [0.29, 0.717) is 16.1 Å². The van der Waals surface area contributed by atoms with Crippen LogP contribution in [0.2, 0.25) is 0 Å². The standard InChI is InChI=1S/C12H9F3N2O2S/c1-7-4-8(2-3-9(7)17(18)19)5-11-16-10(6-20-11)12(13,14)15/h2-4,6H,5H2,1H3. The summed E-state index contributed by atoms with van der Waals surface area (Å²) in [6, 6.07) is 4.47. The summed E-state index contributed by atoms with van der Waals surface area (Å²) < 4.78 is 37.2. The Morgan fingerprint density at radius 1 is 1.40 bits per heavy atom. The highest BCUT2D eigenvalue weighted by molar-refractivity contribution is 7.09. The first-order chi connectivity index (χ1) is 9.27. The SMILES string of the molecule is Cc1cc(Cc2nc(C(F)(F)F)cs2)ccc1[N+](=O)[O-]. The lowest BCUT2D eigenvalue weighted by Gasteiger charge is -2.02. The molecule has 2 rings (SSSR count). The molecule has 0 radical (unpaired) electrons. The Morgan fingerprint density at radius 2 is 2.10 bits per heavy atom. The maximum atomic E-state index is 12.4. The van der Waals surface area contributed by atoms with Gasteiger partial charge in [-0.05, 0) is 18.6 Å². The van der Waals surface area contributed by atoms with E-state index in [2.05, 4.69) is 4.98 Å². The van der Waals surface area contributed by atoms with Gasteiger partial charge >= 0.3 is 6.18 Å². The third-order valence-electron chi connectivity index (χ3n) is 2.66. The first-order valence-corrected chi connectivity index (χ1v) is 6.41. The van der Waals surface area contributed by atoms with Crippen molar-refractivity contribution in [2.24, 2.45) is 0 Å². The van der Waals surface area contributed by atoms with E-state index < -0.39 is 16.8 Å². The van der Waals surface area contributed by atoms with Crippen molar-refractivity contribution in [3.8, 4) is 0 Å². The number of halogens is 3. The summed E-state index contributed by atoms with van der Waals surface area (Å²) in [5.74, 6) is 0. The maximum Gasteiger partial charge on any atom is 0.434 e. The minimum Gasteiger partial charge on any atom is -0.258 e. The van der Waals surface area contributed by atoms with Crippen LogP contribution >= 0.6 is 11.3 Å². The second-order valence-electron chi connectivity index (χ2n) is 4.18. The minimum absolute atomic E-state index is 0.0103. The molecule has 0 bridgehead atoms. The smallest absolute Gasteiger partial charge is 0.258 e. The Hall–Kier alpha value is -1.96. The molecule has 0 aliphatic heterocycles. The number of nitrogens with zero attached hydrogens (tertiary/aromatic N) is 2. The highest BCUT2D eigenvalue weighted by atomic mass is 32.1. The van der Waals surface area contributed by atoms with Crippen LogP contribution in [0.15, 0.2) is 23.6 Å². The first kappa shape index (κ1) is 14.4. The lowest BCUT2D eigenvalue weighted by Crippen LogP contribution is -2.05. The van der Waals surface area contributed by atoms with Crippen LogP contribution in [0.3, 0.4) is 0 Å². The molecule has 0 saturated carbocycles. The minimum atomic E-state index is -4.44. The van der Waals surface area contributed by atoms with Crippen molar-refractivity contribution in [3.05, 3.63) is 55.5 Å². The van der Waals surface area contributed by atoms with Gasteiger partial charge < -0.3 is 0 Å². The fraction of sp³-hybridized carbons (Fsp3) is 0.250. The first-order valence-electron chi connectivity index (χ1n) is 5.53. The molecule has 1 aromatic carbocycles. The van der Waals surface area contributed by atoms with Gasteiger partial charge in [0.1, 0.15) is 0 Å². The molecule has 0 atom stereocenters. The van der Waals surface area contributed by atoms with Crippen LogP contribution in [-0.2, 0) is 12.6 Å². The molecule has 106 valence electrons. The van der Waals surface area contributed by atoms with Gasteiger partial charge in [0.2, 0.25) is 0 Å². The van der Waals surface area contributed by atoms with E-state index in [9.17, 15) is 23.3 Å². The molecule has 0 aliphatic carbocycles. The summed E-state index contributed by atoms with van der Waals surface area (Å²) in [6.45, 7) is 1.59. The fourth-order valence-electron chi connectivity index (χ4n) is 1.73. The molecule has 0 amide bonds. The number of thiazole rings is 1. The van der Waals surface area contributed by atoms with E-state index in [1.807, 2.05) is 0 Å². The summed E-state index contributed by atoms with van der Waals surface area (Å²) in [6.07, 6.45) is -4.22. The number of alkyl halides is 3. The second-order valence-corrected chi connectivity index (χ2v) is 5.12. The molecule has 8 heteroatoms. The number of benzene rings is 1. The predicted octanol–water partition coefficient (Wildman–Crippen LogP) is 3.97. The number of aryl methyl sites for hydroxylation is 1. The van der Waals surface area contributed by atoms with E-state index in [0.717, 1.165) is 16.7 Å². The summed E-state index contributed by atoms with van der Waals surface area (Å²) in [7, 11) is 0. The molecule has 0 aliphatic rings. The molecule has 1 aromatic heterocycles. The van der Waals surface area contributed by atoms with Crippen LogP contribution in [0.1, 0.15) is 21.8 Å². The molecule has 0 N–H and O–H groups in total. The van der Waals surface area contributed by atoms with E-state index in [1.165, 1.54) is 12.1 Å². The molecule has 0 spiro atoms. The molecule has 0 saturated heterocycles. The Kier molecular flexibility index (Phi) is 3.76. The molecular formula is C12H9F3N2O2S. The Morgan fingerprint density at radius 3 is 2.60 bits per heavy atom. The van der Waals surface area contributed by atoms with Crippen LogP contribution in [0, 0.1) is 17.0 Å². The Labute approximate surface area is 116 Å². The molecule has 20 heavy (non-hydrogen) atoms. The van der Waals surface area contributed by atoms with Gasteiger partial charge in [-0.3, -0.25) is 10.1 Å². The van der Waals surface area contributed by atoms with Crippen molar-refractivity contribution >= 4 is 17.0 Å². The number of hydrogen-bond donors (Lipinski definition) is 0. The third-order valence-corrected chi connectivity index (χ3v) is 3.50. The zero-order chi connectivity index (χ0) is 14.9. The van der Waals surface area contributed by atoms with Gasteiger partial charge in [-0.2, -0.15) is 13.2 Å². The van der Waals surface area contributed by atoms with Crippen molar-refractivity contribution < 1.29 is 18.1 Å². The Balaban J connectivity index is 2.20. The van der Waals surface area contributed by atoms with Crippen molar-refractivity contribution in [1.29, 1.82) is 0 Å². The lowest BCUT2D eigenvalue weighted by molar-refractivity contribution is -0.385. The predicted molar refractivity (Wildman–Crippen MR) is 67.8 cm³/mol. The van der Waals surface area contributed by atoms with Crippen LogP contribution in [0.4, 0.5) is 18.9 Å². The van der Waals surface area contributed by atoms with Crippen molar-refractivity contribution in [2.75, 3.05) is 0 Å². The topological polar surface area (TPSA) is 56.0 Å². The number of rotatable bonds is 3. The number of aromatic nitrogens is 1. The normalized spacial score (nSPS) is 11.6. The van der Waals surface area contributed by atoms with E-state index >= 15 is 0 Å². The van der Waals surface area contributed by atoms with Crippen molar-refractivity contribution in [3.63, 3.8) is 0 Å². The highest BCUT2D eigenvalue weighted by Crippen LogP contribution is 2.31. The monoisotopic (exact) mass is 302 g/mol. The maximum absolute atomic E-state index is 12.4. The largest absolute Gasteiger partial charge is 0.434 e. The quantitative estimate of drug-likeness (QED) is 0.636. The van der Waals surface area contributed by atoms with Crippen molar-refractivity contribution in [1.82, 2.24) is 4.98 Å². The Bertz CT molecular complexity index is 652. The van der Waals surface area contributed by atoms with Gasteiger partial charge in [-0.15, -0.1) is 11.3 Å². The number of nitro groups is 1. The molecular weight excluding hydrogens is 293 g/mol. The van der Waals surface area contributed by atoms with Crippen LogP contribution in [-0.4, -0.2) is 9.91 Å². The zero-order valence-electron chi connectivity index (χ0n) is 10.3. The second kappa shape index (κ2) is 5.20. The molecule has 4 nitrogen and oxygen atoms in total. The fourth-order valence-corrected chi connectivity index (χ4v) is 2.56. The van der Waals surface area contributed by atoms with Gasteiger partial charge in [-0.1, -0.05) is 6.07 Å². The molecule has 2 aromatic rings.